The molecule has 0 aliphatic heterocycles. The van der Waals surface area contributed by atoms with Gasteiger partial charge in [-0.1, -0.05) is 18.2 Å². The largest absolute Gasteiger partial charge is 0.361 e. The van der Waals surface area contributed by atoms with Gasteiger partial charge in [0.15, 0.2) is 9.84 Å². The van der Waals surface area contributed by atoms with Gasteiger partial charge in [0.25, 0.3) is 0 Å². The molecule has 2 aromatic heterocycles. The fourth-order valence-electron chi connectivity index (χ4n) is 2.55. The topological polar surface area (TPSA) is 62.8 Å². The zero-order valence-electron chi connectivity index (χ0n) is 12.4. The lowest BCUT2D eigenvalue weighted by Gasteiger charge is -2.10. The Morgan fingerprint density at radius 3 is 2.50 bits per heavy atom. The summed E-state index contributed by atoms with van der Waals surface area (Å²) in [7, 11) is -3.30. The fraction of sp³-hybridized carbons (Fsp3) is 0.118. The van der Waals surface area contributed by atoms with Crippen LogP contribution in [-0.2, 0) is 9.84 Å². The smallest absolute Gasteiger partial charge is 0.176 e. The Morgan fingerprint density at radius 2 is 1.77 bits per heavy atom. The van der Waals surface area contributed by atoms with E-state index in [4.69, 9.17) is 0 Å². The van der Waals surface area contributed by atoms with E-state index in [-0.39, 0.29) is 0 Å². The summed E-state index contributed by atoms with van der Waals surface area (Å²) in [6.07, 6.45) is 6.57. The molecule has 3 aromatic rings. The second-order valence-electron chi connectivity index (χ2n) is 5.23. The summed E-state index contributed by atoms with van der Waals surface area (Å²) in [6.45, 7) is 2.00. The average molecular weight is 312 g/mol. The van der Waals surface area contributed by atoms with Gasteiger partial charge >= 0.3 is 0 Å². The quantitative estimate of drug-likeness (QED) is 0.805. The van der Waals surface area contributed by atoms with E-state index in [0.717, 1.165) is 22.4 Å². The summed E-state index contributed by atoms with van der Waals surface area (Å²) < 4.78 is 24.1. The van der Waals surface area contributed by atoms with E-state index in [2.05, 4.69) is 9.97 Å². The Morgan fingerprint density at radius 1 is 1.00 bits per heavy atom. The van der Waals surface area contributed by atoms with Gasteiger partial charge in [-0.15, -0.1) is 0 Å². The molecule has 5 heteroatoms. The Kier molecular flexibility index (Phi) is 3.58. The highest BCUT2D eigenvalue weighted by atomic mass is 32.2. The molecular weight excluding hydrogens is 296 g/mol. The summed E-state index contributed by atoms with van der Waals surface area (Å²) >= 11 is 0. The van der Waals surface area contributed by atoms with Crippen molar-refractivity contribution >= 4 is 9.84 Å². The highest BCUT2D eigenvalue weighted by Gasteiger charge is 2.18. The Hall–Kier alpha value is -2.40. The predicted octanol–water partition coefficient (Wildman–Crippen LogP) is 3.46. The summed E-state index contributed by atoms with van der Waals surface area (Å²) in [5.41, 5.74) is 4.48. The van der Waals surface area contributed by atoms with Crippen molar-refractivity contribution in [3.8, 4) is 22.4 Å². The molecule has 0 atom stereocenters. The number of nitrogens with one attached hydrogen (secondary N) is 1. The van der Waals surface area contributed by atoms with E-state index in [1.807, 2.05) is 37.4 Å². The summed E-state index contributed by atoms with van der Waals surface area (Å²) in [5, 5.41) is 0. The van der Waals surface area contributed by atoms with Crippen LogP contribution in [0, 0.1) is 6.92 Å². The zero-order valence-corrected chi connectivity index (χ0v) is 13.2. The standard InChI is InChI=1S/C17H16N2O2S/c1-12-7-9-18-11-15(12)17-14(8-10-19-17)13-5-3-4-6-16(13)22(2,20)21/h3-11,19H,1-2H3. The molecule has 2 heterocycles. The summed E-state index contributed by atoms with van der Waals surface area (Å²) in [6, 6.07) is 10.9. The second kappa shape index (κ2) is 5.42. The third-order valence-electron chi connectivity index (χ3n) is 3.63. The molecule has 0 spiro atoms. The average Bonchev–Trinajstić information content (AvgIpc) is 2.96. The molecule has 4 nitrogen and oxygen atoms in total. The van der Waals surface area contributed by atoms with Crippen LogP contribution in [-0.4, -0.2) is 24.6 Å². The number of pyridine rings is 1. The van der Waals surface area contributed by atoms with Crippen molar-refractivity contribution in [2.75, 3.05) is 6.26 Å². The molecule has 3 rings (SSSR count). The molecular formula is C17H16N2O2S. The fourth-order valence-corrected chi connectivity index (χ4v) is 3.46. The minimum Gasteiger partial charge on any atom is -0.361 e. The van der Waals surface area contributed by atoms with Gasteiger partial charge in [-0.2, -0.15) is 0 Å². The van der Waals surface area contributed by atoms with Crippen LogP contribution in [0.25, 0.3) is 22.4 Å². The number of sulfone groups is 1. The van der Waals surface area contributed by atoms with Crippen LogP contribution in [0.2, 0.25) is 0 Å². The summed E-state index contributed by atoms with van der Waals surface area (Å²) in [5.74, 6) is 0. The van der Waals surface area contributed by atoms with Gasteiger partial charge in [-0.05, 0) is 30.7 Å². The van der Waals surface area contributed by atoms with Crippen LogP contribution in [0.4, 0.5) is 0 Å². The lowest BCUT2D eigenvalue weighted by molar-refractivity contribution is 0.602. The van der Waals surface area contributed by atoms with E-state index < -0.39 is 9.84 Å². The first-order valence-electron chi connectivity index (χ1n) is 6.86. The second-order valence-corrected chi connectivity index (χ2v) is 7.21. The molecule has 22 heavy (non-hydrogen) atoms. The molecule has 1 N–H and O–H groups in total. The number of hydrogen-bond donors (Lipinski definition) is 1. The number of benzene rings is 1. The highest BCUT2D eigenvalue weighted by Crippen LogP contribution is 2.35. The maximum Gasteiger partial charge on any atom is 0.176 e. The first-order chi connectivity index (χ1) is 10.5. The van der Waals surface area contributed by atoms with Crippen molar-refractivity contribution in [2.24, 2.45) is 0 Å². The molecule has 0 amide bonds. The number of aromatic nitrogens is 2. The van der Waals surface area contributed by atoms with Crippen LogP contribution in [0.5, 0.6) is 0 Å². The van der Waals surface area contributed by atoms with Crippen molar-refractivity contribution in [2.45, 2.75) is 11.8 Å². The SMILES string of the molecule is Cc1ccncc1-c1[nH]ccc1-c1ccccc1S(C)(=O)=O. The first-order valence-corrected chi connectivity index (χ1v) is 8.75. The first kappa shape index (κ1) is 14.5. The van der Waals surface area contributed by atoms with E-state index in [1.165, 1.54) is 6.26 Å². The van der Waals surface area contributed by atoms with Crippen molar-refractivity contribution in [1.82, 2.24) is 9.97 Å². The van der Waals surface area contributed by atoms with Gasteiger partial charge in [0.1, 0.15) is 0 Å². The zero-order chi connectivity index (χ0) is 15.7. The van der Waals surface area contributed by atoms with Crippen LogP contribution >= 0.6 is 0 Å². The molecule has 0 saturated carbocycles. The van der Waals surface area contributed by atoms with Gasteiger partial charge in [-0.25, -0.2) is 8.42 Å². The van der Waals surface area contributed by atoms with E-state index in [0.29, 0.717) is 10.5 Å². The molecule has 1 aromatic carbocycles. The third-order valence-corrected chi connectivity index (χ3v) is 4.79. The predicted molar refractivity (Wildman–Crippen MR) is 87.3 cm³/mol. The van der Waals surface area contributed by atoms with Crippen molar-refractivity contribution in [3.63, 3.8) is 0 Å². The van der Waals surface area contributed by atoms with Crippen LogP contribution in [0.15, 0.2) is 59.9 Å². The molecule has 0 radical (unpaired) electrons. The van der Waals surface area contributed by atoms with E-state index in [9.17, 15) is 8.42 Å². The molecule has 0 saturated heterocycles. The van der Waals surface area contributed by atoms with Crippen molar-refractivity contribution < 1.29 is 8.42 Å². The number of hydrogen-bond acceptors (Lipinski definition) is 3. The maximum atomic E-state index is 12.0. The van der Waals surface area contributed by atoms with Gasteiger partial charge in [0.2, 0.25) is 0 Å². The van der Waals surface area contributed by atoms with Crippen LogP contribution in [0.1, 0.15) is 5.56 Å². The normalized spacial score (nSPS) is 11.5. The minimum atomic E-state index is -3.30. The molecule has 0 fully saturated rings. The number of nitrogens with zero attached hydrogens (tertiary/aromatic N) is 1. The minimum absolute atomic E-state index is 0.331. The Labute approximate surface area is 129 Å². The molecule has 112 valence electrons. The lowest BCUT2D eigenvalue weighted by Crippen LogP contribution is -2.00. The maximum absolute atomic E-state index is 12.0. The van der Waals surface area contributed by atoms with E-state index in [1.54, 1.807) is 24.5 Å². The third kappa shape index (κ3) is 2.55. The van der Waals surface area contributed by atoms with Gasteiger partial charge in [0.05, 0.1) is 10.6 Å². The van der Waals surface area contributed by atoms with Crippen LogP contribution in [0.3, 0.4) is 0 Å². The summed E-state index contributed by atoms with van der Waals surface area (Å²) in [4.78, 5) is 7.71. The highest BCUT2D eigenvalue weighted by molar-refractivity contribution is 7.90. The monoisotopic (exact) mass is 312 g/mol. The van der Waals surface area contributed by atoms with Crippen molar-refractivity contribution in [3.05, 3.63) is 60.6 Å². The molecule has 0 aliphatic carbocycles. The Balaban J connectivity index is 2.26. The lowest BCUT2D eigenvalue weighted by atomic mass is 10.0. The number of aryl methyl sites for hydroxylation is 1. The van der Waals surface area contributed by atoms with Crippen molar-refractivity contribution in [1.29, 1.82) is 0 Å². The molecule has 0 unspecified atom stereocenters. The number of aromatic amines is 1. The number of rotatable bonds is 3. The molecule has 0 aliphatic rings. The Bertz CT molecular complexity index is 927. The number of H-pyrrole nitrogens is 1. The van der Waals surface area contributed by atoms with Crippen LogP contribution < -0.4 is 0 Å². The van der Waals surface area contributed by atoms with Gasteiger partial charge < -0.3 is 4.98 Å². The van der Waals surface area contributed by atoms with Gasteiger partial charge in [0, 0.05) is 41.5 Å². The molecule has 0 bridgehead atoms. The van der Waals surface area contributed by atoms with Gasteiger partial charge in [-0.3, -0.25) is 4.98 Å². The van der Waals surface area contributed by atoms with E-state index >= 15 is 0 Å².